The lowest BCUT2D eigenvalue weighted by Crippen LogP contribution is -2.32. The number of carbonyl (C=O) groups excluding carboxylic acids is 2. The molecule has 5 rings (SSSR count). The molecule has 0 aliphatic carbocycles. The number of nitrogens with zero attached hydrogens (tertiary/aromatic N) is 2. The maximum atomic E-state index is 13.1. The van der Waals surface area contributed by atoms with Crippen LogP contribution in [0, 0.1) is 12.7 Å². The van der Waals surface area contributed by atoms with Crippen molar-refractivity contribution in [2.24, 2.45) is 0 Å². The van der Waals surface area contributed by atoms with Crippen molar-refractivity contribution in [2.75, 3.05) is 0 Å². The topological polar surface area (TPSA) is 75.3 Å². The number of hydrogen-bond acceptors (Lipinski definition) is 4. The molecular formula is C27H27ClFN3O3. The SMILES string of the molecule is CC.CC(c1ccc(F)cc1)N1C(=O)OC(c2nc3ccc(Cl)cc3[nH]2)C1=O.Cc1ccccc1. The maximum absolute atomic E-state index is 13.1. The number of aromatic amines is 1. The van der Waals surface area contributed by atoms with E-state index in [0.717, 1.165) is 4.90 Å². The predicted octanol–water partition coefficient (Wildman–Crippen LogP) is 7.16. The molecule has 2 atom stereocenters. The molecule has 0 radical (unpaired) electrons. The van der Waals surface area contributed by atoms with Gasteiger partial charge in [-0.05, 0) is 49.7 Å². The highest BCUT2D eigenvalue weighted by molar-refractivity contribution is 6.31. The highest BCUT2D eigenvalue weighted by atomic mass is 35.5. The number of hydrogen-bond donors (Lipinski definition) is 1. The number of fused-ring (bicyclic) bond motifs is 1. The van der Waals surface area contributed by atoms with Crippen LogP contribution in [0.2, 0.25) is 5.02 Å². The fourth-order valence-corrected chi connectivity index (χ4v) is 3.67. The number of cyclic esters (lactones) is 1. The van der Waals surface area contributed by atoms with Crippen LogP contribution in [0.5, 0.6) is 0 Å². The fourth-order valence-electron chi connectivity index (χ4n) is 3.50. The van der Waals surface area contributed by atoms with E-state index in [1.807, 2.05) is 32.0 Å². The van der Waals surface area contributed by atoms with Crippen molar-refractivity contribution in [1.82, 2.24) is 14.9 Å². The van der Waals surface area contributed by atoms with Crippen LogP contribution in [0.25, 0.3) is 11.0 Å². The first kappa shape index (κ1) is 25.9. The molecular weight excluding hydrogens is 469 g/mol. The molecule has 6 nitrogen and oxygen atoms in total. The van der Waals surface area contributed by atoms with Gasteiger partial charge in [-0.2, -0.15) is 0 Å². The van der Waals surface area contributed by atoms with Crippen LogP contribution in [0.1, 0.15) is 49.9 Å². The van der Waals surface area contributed by atoms with Crippen LogP contribution in [0.4, 0.5) is 9.18 Å². The van der Waals surface area contributed by atoms with Crippen molar-refractivity contribution in [1.29, 1.82) is 0 Å². The Morgan fingerprint density at radius 1 is 1.03 bits per heavy atom. The minimum atomic E-state index is -1.16. The number of ether oxygens (including phenoxy) is 1. The largest absolute Gasteiger partial charge is 0.427 e. The summed E-state index contributed by atoms with van der Waals surface area (Å²) in [6.45, 7) is 7.76. The van der Waals surface area contributed by atoms with E-state index in [1.165, 1.54) is 29.8 Å². The molecule has 1 aliphatic rings. The number of carbonyl (C=O) groups is 2. The number of imide groups is 1. The van der Waals surface area contributed by atoms with Crippen LogP contribution in [0.15, 0.2) is 72.8 Å². The summed E-state index contributed by atoms with van der Waals surface area (Å²) in [7, 11) is 0. The molecule has 0 spiro atoms. The quantitative estimate of drug-likeness (QED) is 0.327. The minimum Gasteiger partial charge on any atom is -0.427 e. The van der Waals surface area contributed by atoms with Gasteiger partial charge in [0, 0.05) is 5.02 Å². The third-order valence-electron chi connectivity index (χ3n) is 5.27. The second-order valence-electron chi connectivity index (χ2n) is 7.64. The lowest BCUT2D eigenvalue weighted by Gasteiger charge is -2.20. The van der Waals surface area contributed by atoms with Crippen molar-refractivity contribution in [3.63, 3.8) is 0 Å². The van der Waals surface area contributed by atoms with E-state index in [9.17, 15) is 14.0 Å². The molecule has 2 heterocycles. The highest BCUT2D eigenvalue weighted by Gasteiger charge is 2.45. The fraction of sp³-hybridized carbons (Fsp3) is 0.222. The van der Waals surface area contributed by atoms with E-state index in [-0.39, 0.29) is 5.82 Å². The van der Waals surface area contributed by atoms with Gasteiger partial charge in [-0.1, -0.05) is 73.5 Å². The Morgan fingerprint density at radius 3 is 2.29 bits per heavy atom. The zero-order chi connectivity index (χ0) is 25.5. The molecule has 2 unspecified atom stereocenters. The zero-order valence-corrected chi connectivity index (χ0v) is 20.7. The van der Waals surface area contributed by atoms with Crippen molar-refractivity contribution >= 4 is 34.6 Å². The maximum Gasteiger partial charge on any atom is 0.418 e. The van der Waals surface area contributed by atoms with Crippen molar-refractivity contribution in [3.05, 3.63) is 101 Å². The van der Waals surface area contributed by atoms with Gasteiger partial charge in [0.1, 0.15) is 5.82 Å². The lowest BCUT2D eigenvalue weighted by molar-refractivity contribution is -0.131. The van der Waals surface area contributed by atoms with E-state index in [1.54, 1.807) is 25.1 Å². The Balaban J connectivity index is 0.000000324. The Bertz CT molecular complexity index is 1290. The number of nitrogens with one attached hydrogen (secondary N) is 1. The highest BCUT2D eigenvalue weighted by Crippen LogP contribution is 2.33. The minimum absolute atomic E-state index is 0.231. The molecule has 8 heteroatoms. The van der Waals surface area contributed by atoms with Gasteiger partial charge < -0.3 is 9.72 Å². The van der Waals surface area contributed by atoms with Gasteiger partial charge in [0.15, 0.2) is 5.82 Å². The van der Waals surface area contributed by atoms with Gasteiger partial charge in [0.25, 0.3) is 5.91 Å². The lowest BCUT2D eigenvalue weighted by atomic mass is 10.1. The van der Waals surface area contributed by atoms with Gasteiger partial charge in [-0.25, -0.2) is 19.1 Å². The first-order valence-corrected chi connectivity index (χ1v) is 11.7. The number of H-pyrrole nitrogens is 1. The molecule has 182 valence electrons. The van der Waals surface area contributed by atoms with E-state index in [2.05, 4.69) is 29.0 Å². The van der Waals surface area contributed by atoms with Gasteiger partial charge >= 0.3 is 6.09 Å². The molecule has 3 aromatic carbocycles. The molecule has 2 amide bonds. The average Bonchev–Trinajstić information content (AvgIpc) is 3.40. The van der Waals surface area contributed by atoms with E-state index >= 15 is 0 Å². The molecule has 1 aromatic heterocycles. The summed E-state index contributed by atoms with van der Waals surface area (Å²) < 4.78 is 18.3. The summed E-state index contributed by atoms with van der Waals surface area (Å²) in [6, 6.07) is 20.3. The van der Waals surface area contributed by atoms with Crippen LogP contribution in [-0.2, 0) is 9.53 Å². The molecule has 1 N–H and O–H groups in total. The molecule has 4 aromatic rings. The molecule has 0 bridgehead atoms. The van der Waals surface area contributed by atoms with Gasteiger partial charge in [-0.3, -0.25) is 4.79 Å². The van der Waals surface area contributed by atoms with Gasteiger partial charge in [-0.15, -0.1) is 0 Å². The van der Waals surface area contributed by atoms with Crippen LogP contribution in [-0.4, -0.2) is 26.9 Å². The molecule has 1 fully saturated rings. The predicted molar refractivity (Wildman–Crippen MR) is 135 cm³/mol. The summed E-state index contributed by atoms with van der Waals surface area (Å²) in [5.74, 6) is -0.693. The molecule has 1 aliphatic heterocycles. The number of benzene rings is 3. The van der Waals surface area contributed by atoms with Crippen molar-refractivity contribution < 1.29 is 18.7 Å². The summed E-state index contributed by atoms with van der Waals surface area (Å²) in [4.78, 5) is 33.3. The summed E-state index contributed by atoms with van der Waals surface area (Å²) >= 11 is 5.95. The Kier molecular flexibility index (Phi) is 8.60. The molecule has 35 heavy (non-hydrogen) atoms. The van der Waals surface area contributed by atoms with E-state index < -0.39 is 30.0 Å². The van der Waals surface area contributed by atoms with Gasteiger partial charge in [0.05, 0.1) is 17.1 Å². The first-order chi connectivity index (χ1) is 16.8. The zero-order valence-electron chi connectivity index (χ0n) is 20.0. The Labute approximate surface area is 208 Å². The van der Waals surface area contributed by atoms with Crippen LogP contribution < -0.4 is 0 Å². The monoisotopic (exact) mass is 495 g/mol. The molecule has 1 saturated heterocycles. The average molecular weight is 496 g/mol. The van der Waals surface area contributed by atoms with E-state index in [0.29, 0.717) is 21.6 Å². The Hall–Kier alpha value is -3.71. The molecule has 0 saturated carbocycles. The third kappa shape index (κ3) is 6.05. The second kappa shape index (κ2) is 11.6. The van der Waals surface area contributed by atoms with Gasteiger partial charge in [0.2, 0.25) is 6.10 Å². The normalized spacial score (nSPS) is 15.6. The van der Waals surface area contributed by atoms with E-state index in [4.69, 9.17) is 16.3 Å². The summed E-state index contributed by atoms with van der Waals surface area (Å²) in [5.41, 5.74) is 3.19. The van der Waals surface area contributed by atoms with Crippen LogP contribution >= 0.6 is 11.6 Å². The second-order valence-corrected chi connectivity index (χ2v) is 8.07. The number of imidazole rings is 1. The first-order valence-electron chi connectivity index (χ1n) is 11.3. The van der Waals surface area contributed by atoms with Crippen LogP contribution in [0.3, 0.4) is 0 Å². The number of rotatable bonds is 3. The van der Waals surface area contributed by atoms with Crippen molar-refractivity contribution in [3.8, 4) is 0 Å². The third-order valence-corrected chi connectivity index (χ3v) is 5.50. The summed E-state index contributed by atoms with van der Waals surface area (Å²) in [5, 5.41) is 0.522. The number of amides is 2. The smallest absolute Gasteiger partial charge is 0.418 e. The number of aryl methyl sites for hydroxylation is 1. The van der Waals surface area contributed by atoms with Crippen molar-refractivity contribution in [2.45, 2.75) is 39.8 Å². The summed E-state index contributed by atoms with van der Waals surface area (Å²) in [6.07, 6.45) is -1.92. The standard InChI is InChI=1S/C18H13ClFN3O3.C7H8.C2H6/c1-9(10-2-5-12(20)6-3-10)23-17(24)15(26-18(23)25)16-21-13-7-4-11(19)8-14(13)22-16;1-7-5-3-2-4-6-7;1-2/h2-9,15H,1H3,(H,21,22);2-6H,1H3;1-2H3. The number of halogens is 2. The Morgan fingerprint density at radius 2 is 1.69 bits per heavy atom. The number of aromatic nitrogens is 2.